The van der Waals surface area contributed by atoms with Crippen molar-refractivity contribution >= 4 is 46.1 Å². The molecule has 4 fully saturated rings. The van der Waals surface area contributed by atoms with Gasteiger partial charge in [-0.3, -0.25) is 14.5 Å². The molecule has 1 saturated carbocycles. The number of alkyl carbamates (subject to hydrolysis) is 1. The van der Waals surface area contributed by atoms with E-state index < -0.39 is 24.3 Å². The van der Waals surface area contributed by atoms with Crippen molar-refractivity contribution < 1.29 is 28.7 Å². The molecule has 4 aliphatic rings. The molecule has 2 aromatic heterocycles. The number of nitrogens with one attached hydrogen (secondary N) is 3. The number of benzene rings is 3. The Bertz CT molecular complexity index is 2550. The highest BCUT2D eigenvalue weighted by atomic mass is 16.6. The molecule has 1 aliphatic carbocycles. The molecule has 0 bridgehead atoms. The maximum Gasteiger partial charge on any atom is 0.407 e. The van der Waals surface area contributed by atoms with Gasteiger partial charge in [-0.2, -0.15) is 0 Å². The van der Waals surface area contributed by atoms with Crippen molar-refractivity contribution in [3.63, 3.8) is 0 Å². The Morgan fingerprint density at radius 3 is 1.89 bits per heavy atom. The summed E-state index contributed by atoms with van der Waals surface area (Å²) in [6, 6.07) is 23.8. The van der Waals surface area contributed by atoms with Crippen molar-refractivity contribution in [2.24, 2.45) is 17.6 Å². The van der Waals surface area contributed by atoms with Crippen LogP contribution >= 0.6 is 0 Å². The second-order valence-electron chi connectivity index (χ2n) is 19.6. The first-order valence-electron chi connectivity index (χ1n) is 24.1. The van der Waals surface area contributed by atoms with E-state index in [9.17, 15) is 19.2 Å². The molecule has 0 radical (unpaired) electrons. The van der Waals surface area contributed by atoms with Crippen molar-refractivity contribution in [1.82, 2.24) is 40.0 Å². The molecule has 6 atom stereocenters. The second kappa shape index (κ2) is 19.1. The summed E-state index contributed by atoms with van der Waals surface area (Å²) in [7, 11) is 1.31. The Morgan fingerprint density at radius 1 is 0.667 bits per heavy atom. The number of imidazole rings is 2. The number of hydrogen-bond acceptors (Lipinski definition) is 9. The largest absolute Gasteiger partial charge is 0.453 e. The third-order valence-electron chi connectivity index (χ3n) is 14.8. The highest BCUT2D eigenvalue weighted by Crippen LogP contribution is 2.50. The molecule has 0 spiro atoms. The van der Waals surface area contributed by atoms with Gasteiger partial charge in [-0.25, -0.2) is 19.6 Å². The van der Waals surface area contributed by atoms with Crippen LogP contribution in [0.1, 0.15) is 150 Å². The highest BCUT2D eigenvalue weighted by molar-refractivity contribution is 5.87. The SMILES string of the molecule is COC(=O)N[C@H](C(=O)N1CCC[C@H]1c1nc2cc([C@H]3CC[C@H](c4ccc5nc([C@@H]6CCCN6C(=O)[C@@H](OC(N)=O)C(C)C)[nH]c5c4)N3C3CCC(c4ccccc4)CC3)ccc2[nH]1)C(C)C. The summed E-state index contributed by atoms with van der Waals surface area (Å²) in [6.07, 6.45) is 7.18. The summed E-state index contributed by atoms with van der Waals surface area (Å²) in [4.78, 5) is 75.4. The Kier molecular flexibility index (Phi) is 13.1. The lowest BCUT2D eigenvalue weighted by atomic mass is 9.80. The van der Waals surface area contributed by atoms with Crippen LogP contribution in [0.5, 0.6) is 0 Å². The van der Waals surface area contributed by atoms with Crippen molar-refractivity contribution in [3.05, 3.63) is 95.1 Å². The molecule has 4 amide bonds. The number of H-pyrrole nitrogens is 2. The predicted molar refractivity (Wildman–Crippen MR) is 251 cm³/mol. The van der Waals surface area contributed by atoms with Gasteiger partial charge in [-0.05, 0) is 123 Å². The summed E-state index contributed by atoms with van der Waals surface area (Å²) >= 11 is 0. The van der Waals surface area contributed by atoms with Crippen LogP contribution in [0, 0.1) is 11.8 Å². The molecule has 5 heterocycles. The van der Waals surface area contributed by atoms with E-state index >= 15 is 0 Å². The number of hydrogen-bond donors (Lipinski definition) is 4. The molecule has 3 aromatic carbocycles. The van der Waals surface area contributed by atoms with Crippen molar-refractivity contribution in [3.8, 4) is 0 Å². The zero-order valence-electron chi connectivity index (χ0n) is 38.9. The summed E-state index contributed by atoms with van der Waals surface area (Å²) < 4.78 is 10.1. The fourth-order valence-corrected chi connectivity index (χ4v) is 11.5. The molecule has 15 nitrogen and oxygen atoms in total. The topological polar surface area (TPSA) is 192 Å². The zero-order chi connectivity index (χ0) is 46.2. The van der Waals surface area contributed by atoms with Crippen LogP contribution < -0.4 is 11.1 Å². The molecule has 5 aromatic rings. The van der Waals surface area contributed by atoms with Gasteiger partial charge in [-0.1, -0.05) is 70.2 Å². The maximum absolute atomic E-state index is 13.9. The third kappa shape index (κ3) is 8.98. The van der Waals surface area contributed by atoms with Crippen LogP contribution in [0.15, 0.2) is 66.7 Å². The normalized spacial score (nSPS) is 24.7. The molecular weight excluding hydrogens is 835 g/mol. The Morgan fingerprint density at radius 2 is 1.27 bits per heavy atom. The third-order valence-corrected chi connectivity index (χ3v) is 14.8. The summed E-state index contributed by atoms with van der Waals surface area (Å²) in [5, 5.41) is 2.75. The van der Waals surface area contributed by atoms with Gasteiger partial charge in [0.15, 0.2) is 6.10 Å². The van der Waals surface area contributed by atoms with Crippen LogP contribution in [0.3, 0.4) is 0 Å². The molecule has 3 saturated heterocycles. The summed E-state index contributed by atoms with van der Waals surface area (Å²) in [5.74, 6) is 1.35. The first-order chi connectivity index (χ1) is 31.9. The zero-order valence-corrected chi connectivity index (χ0v) is 38.9. The van der Waals surface area contributed by atoms with E-state index in [1.807, 2.05) is 32.6 Å². The number of fused-ring (bicyclic) bond motifs is 2. The number of ether oxygens (including phenoxy) is 2. The van der Waals surface area contributed by atoms with Gasteiger partial charge in [0.25, 0.3) is 5.91 Å². The average Bonchev–Trinajstić information content (AvgIpc) is 4.18. The predicted octanol–water partition coefficient (Wildman–Crippen LogP) is 8.87. The minimum absolute atomic E-state index is 0.114. The van der Waals surface area contributed by atoms with Gasteiger partial charge in [0.05, 0.1) is 41.3 Å². The second-order valence-corrected chi connectivity index (χ2v) is 19.6. The number of primary amides is 1. The van der Waals surface area contributed by atoms with E-state index in [1.165, 1.54) is 23.8 Å². The molecule has 5 N–H and O–H groups in total. The average molecular weight is 900 g/mol. The van der Waals surface area contributed by atoms with Crippen LogP contribution in [0.2, 0.25) is 0 Å². The Balaban J connectivity index is 0.992. The first-order valence-corrected chi connectivity index (χ1v) is 24.1. The number of nitrogens with zero attached hydrogens (tertiary/aromatic N) is 5. The molecule has 350 valence electrons. The van der Waals surface area contributed by atoms with E-state index in [0.29, 0.717) is 25.0 Å². The Hall–Kier alpha value is -5.96. The molecule has 3 aliphatic heterocycles. The molecule has 66 heavy (non-hydrogen) atoms. The fraction of sp³-hybridized carbons (Fsp3) is 0.529. The molecule has 15 heteroatoms. The van der Waals surface area contributed by atoms with Crippen LogP contribution in [-0.4, -0.2) is 97.0 Å². The van der Waals surface area contributed by atoms with Crippen LogP contribution in [0.4, 0.5) is 9.59 Å². The number of carbonyl (C=O) groups is 4. The number of nitrogens with two attached hydrogens (primary N) is 1. The van der Waals surface area contributed by atoms with Crippen LogP contribution in [0.25, 0.3) is 22.1 Å². The lowest BCUT2D eigenvalue weighted by Gasteiger charge is -2.41. The van der Waals surface area contributed by atoms with E-state index in [1.54, 1.807) is 4.90 Å². The number of likely N-dealkylation sites (tertiary alicyclic amines) is 3. The van der Waals surface area contributed by atoms with E-state index in [2.05, 4.69) is 86.9 Å². The monoisotopic (exact) mass is 900 g/mol. The van der Waals surface area contributed by atoms with Crippen molar-refractivity contribution in [1.29, 1.82) is 0 Å². The smallest absolute Gasteiger partial charge is 0.407 e. The quantitative estimate of drug-likeness (QED) is 0.0947. The van der Waals surface area contributed by atoms with Gasteiger partial charge in [0, 0.05) is 31.2 Å². The maximum atomic E-state index is 13.9. The lowest BCUT2D eigenvalue weighted by Crippen LogP contribution is -2.51. The number of amides is 4. The van der Waals surface area contributed by atoms with Crippen molar-refractivity contribution in [2.75, 3.05) is 20.2 Å². The number of aromatic amines is 2. The first kappa shape index (κ1) is 45.2. The van der Waals surface area contributed by atoms with Gasteiger partial charge < -0.3 is 40.3 Å². The Labute approximate surface area is 386 Å². The fourth-order valence-electron chi connectivity index (χ4n) is 11.5. The van der Waals surface area contributed by atoms with Gasteiger partial charge in [-0.15, -0.1) is 0 Å². The standard InChI is InChI=1S/C51H65N9O6/c1-29(2)44(57-51(64)65-5)48(61)58-25-9-13-42(58)46-53-36-21-17-33(27-38(36)55-46)40-23-24-41(60(40)35-19-15-32(16-20-35)31-11-7-6-8-12-31)34-18-22-37-39(28-34)56-47(54-37)43-14-10-26-59(43)49(62)45(30(3)4)66-50(52)63/h6-8,11-12,17-18,21-22,27-30,32,35,40-45H,9-10,13-16,19-20,23-26H2,1-5H3,(H2,52,63)(H,53,55)(H,54,56)(H,57,64)/t32?,35?,40-,41-,42+,43+,44+,45+/m1/s1. The summed E-state index contributed by atoms with van der Waals surface area (Å²) in [6.45, 7) is 8.71. The molecular formula is C51H65N9O6. The molecule has 0 unspecified atom stereocenters. The minimum atomic E-state index is -0.953. The van der Waals surface area contributed by atoms with E-state index in [0.717, 1.165) is 97.9 Å². The van der Waals surface area contributed by atoms with Gasteiger partial charge in [0.2, 0.25) is 5.91 Å². The number of aromatic nitrogens is 4. The number of carbonyl (C=O) groups excluding carboxylic acids is 4. The van der Waals surface area contributed by atoms with Crippen LogP contribution in [-0.2, 0) is 19.1 Å². The minimum Gasteiger partial charge on any atom is -0.453 e. The lowest BCUT2D eigenvalue weighted by molar-refractivity contribution is -0.143. The number of rotatable bonds is 12. The van der Waals surface area contributed by atoms with Gasteiger partial charge >= 0.3 is 12.2 Å². The highest BCUT2D eigenvalue weighted by Gasteiger charge is 2.43. The summed E-state index contributed by atoms with van der Waals surface area (Å²) in [5.41, 5.74) is 12.9. The van der Waals surface area contributed by atoms with Gasteiger partial charge in [0.1, 0.15) is 17.7 Å². The van der Waals surface area contributed by atoms with E-state index in [-0.39, 0.29) is 47.8 Å². The van der Waals surface area contributed by atoms with Crippen molar-refractivity contribution in [2.45, 2.75) is 140 Å². The molecule has 9 rings (SSSR count). The van der Waals surface area contributed by atoms with E-state index in [4.69, 9.17) is 25.2 Å². The number of methoxy groups -OCH3 is 1.